The number of aromatic nitrogens is 2. The molecule has 0 aliphatic rings. The molecule has 0 saturated heterocycles. The van der Waals surface area contributed by atoms with Gasteiger partial charge in [0.1, 0.15) is 22.0 Å². The molecular formula is C16H14N2OS2. The number of ketones is 1. The Morgan fingerprint density at radius 2 is 2.00 bits per heavy atom. The molecule has 0 N–H and O–H groups in total. The molecule has 1 aromatic carbocycles. The highest BCUT2D eigenvalue weighted by Crippen LogP contribution is 2.38. The van der Waals surface area contributed by atoms with Gasteiger partial charge in [0.25, 0.3) is 0 Å². The van der Waals surface area contributed by atoms with Crippen molar-refractivity contribution < 1.29 is 4.79 Å². The monoisotopic (exact) mass is 314 g/mol. The van der Waals surface area contributed by atoms with E-state index in [2.05, 4.69) is 27.5 Å². The second-order valence-corrected chi connectivity index (χ2v) is 6.93. The van der Waals surface area contributed by atoms with Crippen LogP contribution in [0.2, 0.25) is 0 Å². The zero-order valence-corrected chi connectivity index (χ0v) is 13.4. The van der Waals surface area contributed by atoms with Crippen molar-refractivity contribution in [3.05, 3.63) is 42.0 Å². The van der Waals surface area contributed by atoms with Crippen LogP contribution in [-0.4, -0.2) is 21.0 Å². The first-order chi connectivity index (χ1) is 10.2. The molecule has 0 aliphatic heterocycles. The van der Waals surface area contributed by atoms with Crippen molar-refractivity contribution in [2.45, 2.75) is 24.1 Å². The van der Waals surface area contributed by atoms with Crippen LogP contribution in [0, 0.1) is 0 Å². The lowest BCUT2D eigenvalue weighted by atomic mass is 10.1. The largest absolute Gasteiger partial charge is 0.299 e. The topological polar surface area (TPSA) is 42.9 Å². The Morgan fingerprint density at radius 3 is 2.71 bits per heavy atom. The number of carbonyl (C=O) groups is 1. The maximum atomic E-state index is 11.5. The van der Waals surface area contributed by atoms with Crippen LogP contribution < -0.4 is 0 Å². The average molecular weight is 314 g/mol. The van der Waals surface area contributed by atoms with E-state index in [1.165, 1.54) is 11.8 Å². The van der Waals surface area contributed by atoms with Crippen LogP contribution in [0.3, 0.4) is 0 Å². The lowest BCUT2D eigenvalue weighted by Gasteiger charge is -2.08. The standard InChI is InChI=1S/C16H14N2OS2/c1-10(19)11(2)21-16-14-13(12-6-4-3-5-7-12)8-20-15(14)17-9-18-16/h3-9,11H,1-2H3/t11-/m1/s1. The highest BCUT2D eigenvalue weighted by molar-refractivity contribution is 8.00. The summed E-state index contributed by atoms with van der Waals surface area (Å²) in [6.07, 6.45) is 1.57. The van der Waals surface area contributed by atoms with Gasteiger partial charge >= 0.3 is 0 Å². The van der Waals surface area contributed by atoms with Gasteiger partial charge in [-0.2, -0.15) is 0 Å². The molecule has 3 rings (SSSR count). The summed E-state index contributed by atoms with van der Waals surface area (Å²) in [4.78, 5) is 21.2. The number of fused-ring (bicyclic) bond motifs is 1. The predicted molar refractivity (Wildman–Crippen MR) is 88.9 cm³/mol. The Balaban J connectivity index is 2.13. The highest BCUT2D eigenvalue weighted by Gasteiger charge is 2.17. The maximum absolute atomic E-state index is 11.5. The van der Waals surface area contributed by atoms with Gasteiger partial charge in [-0.15, -0.1) is 11.3 Å². The Hall–Kier alpha value is -1.72. The fourth-order valence-electron chi connectivity index (χ4n) is 2.02. The number of carbonyl (C=O) groups excluding carboxylic acids is 1. The van der Waals surface area contributed by atoms with Gasteiger partial charge in [0.2, 0.25) is 0 Å². The van der Waals surface area contributed by atoms with E-state index < -0.39 is 0 Å². The van der Waals surface area contributed by atoms with Gasteiger partial charge < -0.3 is 0 Å². The lowest BCUT2D eigenvalue weighted by molar-refractivity contribution is -0.116. The Kier molecular flexibility index (Phi) is 4.03. The molecule has 3 nitrogen and oxygen atoms in total. The fourth-order valence-corrected chi connectivity index (χ4v) is 3.93. The molecular weight excluding hydrogens is 300 g/mol. The van der Waals surface area contributed by atoms with Gasteiger partial charge in [-0.05, 0) is 19.4 Å². The van der Waals surface area contributed by atoms with Crippen LogP contribution in [0.4, 0.5) is 0 Å². The third-order valence-corrected chi connectivity index (χ3v) is 5.39. The SMILES string of the molecule is CC(=O)[C@@H](C)Sc1ncnc2scc(-c3ccccc3)c12. The van der Waals surface area contributed by atoms with Crippen LogP contribution in [0.25, 0.3) is 21.3 Å². The normalized spacial score (nSPS) is 12.5. The van der Waals surface area contributed by atoms with Crippen LogP contribution in [-0.2, 0) is 4.79 Å². The Morgan fingerprint density at radius 1 is 1.24 bits per heavy atom. The first-order valence-corrected chi connectivity index (χ1v) is 8.37. The molecule has 0 radical (unpaired) electrons. The van der Waals surface area contributed by atoms with Crippen molar-refractivity contribution in [1.82, 2.24) is 9.97 Å². The van der Waals surface area contributed by atoms with Gasteiger partial charge in [0, 0.05) is 10.9 Å². The molecule has 0 unspecified atom stereocenters. The van der Waals surface area contributed by atoms with E-state index in [-0.39, 0.29) is 11.0 Å². The molecule has 0 amide bonds. The number of benzene rings is 1. The smallest absolute Gasteiger partial charge is 0.142 e. The Bertz CT molecular complexity index is 783. The number of hydrogen-bond acceptors (Lipinski definition) is 5. The van der Waals surface area contributed by atoms with E-state index >= 15 is 0 Å². The lowest BCUT2D eigenvalue weighted by Crippen LogP contribution is -2.08. The number of Topliss-reactive ketones (excluding diaryl/α,β-unsaturated/α-hetero) is 1. The third kappa shape index (κ3) is 2.84. The van der Waals surface area contributed by atoms with Crippen molar-refractivity contribution in [1.29, 1.82) is 0 Å². The molecule has 106 valence electrons. The van der Waals surface area contributed by atoms with E-state index in [1.807, 2.05) is 25.1 Å². The minimum Gasteiger partial charge on any atom is -0.299 e. The van der Waals surface area contributed by atoms with E-state index in [0.29, 0.717) is 0 Å². The van der Waals surface area contributed by atoms with Crippen LogP contribution in [0.5, 0.6) is 0 Å². The van der Waals surface area contributed by atoms with Gasteiger partial charge in [-0.1, -0.05) is 42.1 Å². The molecule has 0 spiro atoms. The molecule has 0 bridgehead atoms. The quantitative estimate of drug-likeness (QED) is 0.528. The molecule has 0 aliphatic carbocycles. The first-order valence-electron chi connectivity index (χ1n) is 6.61. The van der Waals surface area contributed by atoms with E-state index in [4.69, 9.17) is 0 Å². The van der Waals surface area contributed by atoms with Crippen LogP contribution in [0.1, 0.15) is 13.8 Å². The van der Waals surface area contributed by atoms with Crippen LogP contribution in [0.15, 0.2) is 47.1 Å². The van der Waals surface area contributed by atoms with Crippen LogP contribution >= 0.6 is 23.1 Å². The second kappa shape index (κ2) is 5.95. The van der Waals surface area contributed by atoms with E-state index in [1.54, 1.807) is 24.6 Å². The molecule has 21 heavy (non-hydrogen) atoms. The molecule has 2 heterocycles. The minimum absolute atomic E-state index is 0.105. The summed E-state index contributed by atoms with van der Waals surface area (Å²) in [7, 11) is 0. The summed E-state index contributed by atoms with van der Waals surface area (Å²) in [5, 5.41) is 3.93. The molecule has 0 fully saturated rings. The minimum atomic E-state index is -0.105. The third-order valence-electron chi connectivity index (χ3n) is 3.28. The molecule has 2 aromatic heterocycles. The van der Waals surface area contributed by atoms with Gasteiger partial charge in [-0.3, -0.25) is 4.79 Å². The summed E-state index contributed by atoms with van der Waals surface area (Å²) in [6.45, 7) is 3.53. The summed E-state index contributed by atoms with van der Waals surface area (Å²) in [5.74, 6) is 0.156. The number of hydrogen-bond donors (Lipinski definition) is 0. The zero-order chi connectivity index (χ0) is 14.8. The van der Waals surface area contributed by atoms with Crippen molar-refractivity contribution >= 4 is 39.1 Å². The summed E-state index contributed by atoms with van der Waals surface area (Å²) < 4.78 is 0. The first kappa shape index (κ1) is 14.2. The van der Waals surface area contributed by atoms with Gasteiger partial charge in [0.05, 0.1) is 10.6 Å². The second-order valence-electron chi connectivity index (χ2n) is 4.75. The average Bonchev–Trinajstić information content (AvgIpc) is 2.93. The van der Waals surface area contributed by atoms with Crippen molar-refractivity contribution in [2.75, 3.05) is 0 Å². The molecule has 3 aromatic rings. The zero-order valence-electron chi connectivity index (χ0n) is 11.7. The number of nitrogens with zero attached hydrogens (tertiary/aromatic N) is 2. The van der Waals surface area contributed by atoms with E-state index in [0.717, 1.165) is 26.4 Å². The number of rotatable bonds is 4. The molecule has 1 atom stereocenters. The molecule has 5 heteroatoms. The van der Waals surface area contributed by atoms with Gasteiger partial charge in [0.15, 0.2) is 0 Å². The van der Waals surface area contributed by atoms with E-state index in [9.17, 15) is 4.79 Å². The van der Waals surface area contributed by atoms with Crippen molar-refractivity contribution in [2.24, 2.45) is 0 Å². The number of thiophene rings is 1. The maximum Gasteiger partial charge on any atom is 0.142 e. The fraction of sp³-hybridized carbons (Fsp3) is 0.188. The summed E-state index contributed by atoms with van der Waals surface area (Å²) in [6, 6.07) is 10.2. The van der Waals surface area contributed by atoms with Gasteiger partial charge in [-0.25, -0.2) is 9.97 Å². The van der Waals surface area contributed by atoms with Crippen molar-refractivity contribution in [3.63, 3.8) is 0 Å². The highest BCUT2D eigenvalue weighted by atomic mass is 32.2. The predicted octanol–water partition coefficient (Wildman–Crippen LogP) is 4.43. The molecule has 0 saturated carbocycles. The summed E-state index contributed by atoms with van der Waals surface area (Å²) >= 11 is 3.11. The summed E-state index contributed by atoms with van der Waals surface area (Å²) in [5.41, 5.74) is 2.28. The Labute approximate surface area is 131 Å². The van der Waals surface area contributed by atoms with Crippen molar-refractivity contribution in [3.8, 4) is 11.1 Å². The number of thioether (sulfide) groups is 1.